The fourth-order valence-electron chi connectivity index (χ4n) is 3.54. The van der Waals surface area contributed by atoms with E-state index in [1.807, 2.05) is 19.0 Å². The van der Waals surface area contributed by atoms with E-state index < -0.39 is 26.6 Å². The summed E-state index contributed by atoms with van der Waals surface area (Å²) in [7, 11) is 0.674. The standard InChI is InChI=1S/C24H24F2N6O4S/c1-31(2)9-8-27-23(33)20-13-28-22-7-4-15(14-32(20)22)16-10-19(24(36-3)29-12-16)30-37(34,35)21-6-5-17(25)11-18(21)26/h4-7,10-14,30H,8-9H2,1-3H3,(H,27,33). The summed E-state index contributed by atoms with van der Waals surface area (Å²) in [5.41, 5.74) is 1.88. The van der Waals surface area contributed by atoms with E-state index in [9.17, 15) is 22.0 Å². The number of carbonyl (C=O) groups excluding carboxylic acids is 1. The Balaban J connectivity index is 1.67. The molecule has 3 aromatic heterocycles. The smallest absolute Gasteiger partial charge is 0.269 e. The van der Waals surface area contributed by atoms with E-state index >= 15 is 0 Å². The molecule has 1 aromatic carbocycles. The van der Waals surface area contributed by atoms with Gasteiger partial charge in [-0.1, -0.05) is 0 Å². The predicted molar refractivity (Wildman–Crippen MR) is 133 cm³/mol. The molecule has 1 amide bonds. The lowest BCUT2D eigenvalue weighted by molar-refractivity contribution is 0.0945. The number of methoxy groups -OCH3 is 1. The molecule has 0 fully saturated rings. The molecule has 37 heavy (non-hydrogen) atoms. The zero-order valence-electron chi connectivity index (χ0n) is 20.2. The van der Waals surface area contributed by atoms with Gasteiger partial charge in [0, 0.05) is 42.7 Å². The number of pyridine rings is 2. The summed E-state index contributed by atoms with van der Waals surface area (Å²) in [6.45, 7) is 1.13. The highest BCUT2D eigenvalue weighted by Crippen LogP contribution is 2.31. The molecule has 2 N–H and O–H groups in total. The van der Waals surface area contributed by atoms with Gasteiger partial charge in [-0.2, -0.15) is 0 Å². The monoisotopic (exact) mass is 530 g/mol. The minimum Gasteiger partial charge on any atom is -0.480 e. The zero-order chi connectivity index (χ0) is 26.7. The van der Waals surface area contributed by atoms with E-state index in [1.54, 1.807) is 22.7 Å². The van der Waals surface area contributed by atoms with Crippen LogP contribution < -0.4 is 14.8 Å². The second-order valence-electron chi connectivity index (χ2n) is 8.31. The van der Waals surface area contributed by atoms with Crippen LogP contribution in [0.5, 0.6) is 5.88 Å². The number of likely N-dealkylation sites (N-methyl/N-ethyl adjacent to an activating group) is 1. The van der Waals surface area contributed by atoms with Gasteiger partial charge in [0.05, 0.1) is 13.3 Å². The van der Waals surface area contributed by atoms with Crippen LogP contribution in [-0.4, -0.2) is 67.9 Å². The van der Waals surface area contributed by atoms with E-state index in [-0.39, 0.29) is 17.5 Å². The number of nitrogens with zero attached hydrogens (tertiary/aromatic N) is 4. The molecule has 13 heteroatoms. The van der Waals surface area contributed by atoms with Gasteiger partial charge in [-0.25, -0.2) is 27.2 Å². The van der Waals surface area contributed by atoms with Gasteiger partial charge in [0.25, 0.3) is 15.9 Å². The van der Waals surface area contributed by atoms with Crippen molar-refractivity contribution in [2.45, 2.75) is 4.90 Å². The average Bonchev–Trinajstić information content (AvgIpc) is 3.26. The van der Waals surface area contributed by atoms with Crippen LogP contribution in [0.2, 0.25) is 0 Å². The van der Waals surface area contributed by atoms with Gasteiger partial charge in [0.1, 0.15) is 33.6 Å². The van der Waals surface area contributed by atoms with Crippen molar-refractivity contribution in [1.82, 2.24) is 24.6 Å². The Labute approximate surface area is 212 Å². The maximum absolute atomic E-state index is 14.2. The Morgan fingerprint density at radius 3 is 2.57 bits per heavy atom. The summed E-state index contributed by atoms with van der Waals surface area (Å²) >= 11 is 0. The SMILES string of the molecule is COc1ncc(-c2ccc3ncc(C(=O)NCCN(C)C)n3c2)cc1NS(=O)(=O)c1ccc(F)cc1F. The Morgan fingerprint density at radius 2 is 1.86 bits per heavy atom. The van der Waals surface area contributed by atoms with Crippen LogP contribution in [0.1, 0.15) is 10.5 Å². The number of amides is 1. The van der Waals surface area contributed by atoms with Crippen LogP contribution in [0.25, 0.3) is 16.8 Å². The van der Waals surface area contributed by atoms with Gasteiger partial charge in [0.15, 0.2) is 0 Å². The quantitative estimate of drug-likeness (QED) is 0.342. The summed E-state index contributed by atoms with van der Waals surface area (Å²) in [5, 5.41) is 2.84. The molecule has 0 spiro atoms. The van der Waals surface area contributed by atoms with Gasteiger partial charge in [-0.15, -0.1) is 0 Å². The molecule has 194 valence electrons. The van der Waals surface area contributed by atoms with Crippen LogP contribution in [0.3, 0.4) is 0 Å². The maximum atomic E-state index is 14.2. The summed E-state index contributed by atoms with van der Waals surface area (Å²) < 4.78 is 62.1. The number of rotatable bonds is 9. The lowest BCUT2D eigenvalue weighted by atomic mass is 10.1. The van der Waals surface area contributed by atoms with Crippen LogP contribution >= 0.6 is 0 Å². The van der Waals surface area contributed by atoms with Crippen molar-refractivity contribution in [3.8, 4) is 17.0 Å². The number of nitrogens with one attached hydrogen (secondary N) is 2. The highest BCUT2D eigenvalue weighted by Gasteiger charge is 2.22. The first-order valence-electron chi connectivity index (χ1n) is 11.0. The first-order chi connectivity index (χ1) is 17.6. The van der Waals surface area contributed by atoms with Gasteiger partial charge in [-0.3, -0.25) is 13.9 Å². The van der Waals surface area contributed by atoms with Gasteiger partial charge in [0.2, 0.25) is 5.88 Å². The number of benzene rings is 1. The Kier molecular flexibility index (Phi) is 7.36. The van der Waals surface area contributed by atoms with Crippen molar-refractivity contribution < 1.29 is 26.7 Å². The molecule has 4 rings (SSSR count). The Hall–Kier alpha value is -4.10. The van der Waals surface area contributed by atoms with Crippen molar-refractivity contribution >= 4 is 27.3 Å². The molecule has 0 bridgehead atoms. The number of hydrogen-bond acceptors (Lipinski definition) is 7. The molecule has 0 saturated carbocycles. The summed E-state index contributed by atoms with van der Waals surface area (Å²) in [6.07, 6.45) is 4.60. The van der Waals surface area contributed by atoms with Gasteiger partial charge in [-0.05, 0) is 44.4 Å². The first kappa shape index (κ1) is 26.0. The fraction of sp³-hybridized carbons (Fsp3) is 0.208. The van der Waals surface area contributed by atoms with E-state index in [0.717, 1.165) is 12.1 Å². The molecule has 0 saturated heterocycles. The number of hydrogen-bond donors (Lipinski definition) is 2. The summed E-state index contributed by atoms with van der Waals surface area (Å²) in [6, 6.07) is 7.05. The van der Waals surface area contributed by atoms with Crippen molar-refractivity contribution in [3.63, 3.8) is 0 Å². The normalized spacial score (nSPS) is 11.6. The highest BCUT2D eigenvalue weighted by atomic mass is 32.2. The predicted octanol–water partition coefficient (Wildman–Crippen LogP) is 2.78. The maximum Gasteiger partial charge on any atom is 0.269 e. The van der Waals surface area contributed by atoms with Crippen molar-refractivity contribution in [1.29, 1.82) is 0 Å². The zero-order valence-corrected chi connectivity index (χ0v) is 21.0. The molecule has 0 atom stereocenters. The van der Waals surface area contributed by atoms with Gasteiger partial charge >= 0.3 is 0 Å². The van der Waals surface area contributed by atoms with Crippen molar-refractivity contribution in [3.05, 3.63) is 72.3 Å². The number of halogens is 2. The molecular weight excluding hydrogens is 506 g/mol. The van der Waals surface area contributed by atoms with Crippen LogP contribution in [0.4, 0.5) is 14.5 Å². The molecule has 0 radical (unpaired) electrons. The molecule has 10 nitrogen and oxygen atoms in total. The third kappa shape index (κ3) is 5.67. The van der Waals surface area contributed by atoms with E-state index in [0.29, 0.717) is 41.6 Å². The number of aromatic nitrogens is 3. The average molecular weight is 531 g/mol. The Morgan fingerprint density at radius 1 is 1.08 bits per heavy atom. The number of carbonyl (C=O) groups is 1. The molecular formula is C24H24F2N6O4S. The van der Waals surface area contributed by atoms with E-state index in [1.165, 1.54) is 25.6 Å². The fourth-order valence-corrected chi connectivity index (χ4v) is 4.65. The number of anilines is 1. The molecule has 0 aliphatic carbocycles. The topological polar surface area (TPSA) is 118 Å². The van der Waals surface area contributed by atoms with Crippen LogP contribution in [-0.2, 0) is 10.0 Å². The number of ether oxygens (including phenoxy) is 1. The van der Waals surface area contributed by atoms with Gasteiger partial charge < -0.3 is 15.0 Å². The third-order valence-corrected chi connectivity index (χ3v) is 6.79. The van der Waals surface area contributed by atoms with Crippen molar-refractivity contribution in [2.24, 2.45) is 0 Å². The highest BCUT2D eigenvalue weighted by molar-refractivity contribution is 7.92. The molecule has 3 heterocycles. The molecule has 0 unspecified atom stereocenters. The lowest BCUT2D eigenvalue weighted by Gasteiger charge is -2.13. The Bertz CT molecular complexity index is 1570. The van der Waals surface area contributed by atoms with Crippen molar-refractivity contribution in [2.75, 3.05) is 39.0 Å². The summed E-state index contributed by atoms with van der Waals surface area (Å²) in [4.78, 5) is 22.3. The molecule has 0 aliphatic heterocycles. The lowest BCUT2D eigenvalue weighted by Crippen LogP contribution is -2.31. The summed E-state index contributed by atoms with van der Waals surface area (Å²) in [5.74, 6) is -2.50. The van der Waals surface area contributed by atoms with Crippen LogP contribution in [0.15, 0.2) is 59.9 Å². The second kappa shape index (κ2) is 10.5. The molecule has 0 aliphatic rings. The minimum absolute atomic E-state index is 0.0560. The van der Waals surface area contributed by atoms with E-state index in [4.69, 9.17) is 4.74 Å². The van der Waals surface area contributed by atoms with Crippen LogP contribution in [0, 0.1) is 11.6 Å². The van der Waals surface area contributed by atoms with E-state index in [2.05, 4.69) is 20.0 Å². The third-order valence-electron chi connectivity index (χ3n) is 5.39. The molecule has 4 aromatic rings. The largest absolute Gasteiger partial charge is 0.480 e. The number of fused-ring (bicyclic) bond motifs is 1. The first-order valence-corrected chi connectivity index (χ1v) is 12.5. The number of sulfonamides is 1. The second-order valence-corrected chi connectivity index (χ2v) is 9.96. The minimum atomic E-state index is -4.43. The number of imidazole rings is 1.